The minimum absolute atomic E-state index is 0.00432. The third-order valence-corrected chi connectivity index (χ3v) is 6.73. The lowest BCUT2D eigenvalue weighted by Gasteiger charge is -2.26. The molecule has 1 saturated heterocycles. The summed E-state index contributed by atoms with van der Waals surface area (Å²) in [5.74, 6) is 8.32. The molecule has 0 spiro atoms. The lowest BCUT2D eigenvalue weighted by atomic mass is 10.0. The SMILES string of the molecule is COc1ccc(OC)c(C2CCCN2C(=O)CSc2nnc(-c3ccccc3Cl)n2N)c1. The number of nitrogen functional groups attached to an aromatic ring is 1. The molecule has 1 amide bonds. The molecule has 32 heavy (non-hydrogen) atoms. The van der Waals surface area contributed by atoms with Crippen molar-refractivity contribution in [1.29, 1.82) is 0 Å². The predicted molar refractivity (Wildman–Crippen MR) is 125 cm³/mol. The number of carbonyl (C=O) groups is 1. The zero-order valence-corrected chi connectivity index (χ0v) is 19.4. The van der Waals surface area contributed by atoms with Gasteiger partial charge in [-0.25, -0.2) is 4.68 Å². The molecule has 1 aromatic heterocycles. The number of ether oxygens (including phenoxy) is 2. The van der Waals surface area contributed by atoms with Crippen molar-refractivity contribution in [2.24, 2.45) is 0 Å². The fourth-order valence-corrected chi connectivity index (χ4v) is 4.86. The Bertz CT molecular complexity index is 1120. The van der Waals surface area contributed by atoms with Crippen molar-refractivity contribution >= 4 is 29.3 Å². The Kier molecular flexibility index (Phi) is 6.76. The van der Waals surface area contributed by atoms with Gasteiger partial charge in [-0.3, -0.25) is 4.79 Å². The molecule has 8 nitrogen and oxygen atoms in total. The predicted octanol–water partition coefficient (Wildman–Crippen LogP) is 3.79. The molecule has 4 rings (SSSR count). The van der Waals surface area contributed by atoms with Gasteiger partial charge in [0.2, 0.25) is 11.1 Å². The van der Waals surface area contributed by atoms with Crippen LogP contribution in [0.15, 0.2) is 47.6 Å². The molecule has 2 aromatic carbocycles. The van der Waals surface area contributed by atoms with Crippen molar-refractivity contribution in [2.45, 2.75) is 24.0 Å². The number of benzene rings is 2. The number of rotatable bonds is 7. The van der Waals surface area contributed by atoms with Gasteiger partial charge in [-0.15, -0.1) is 10.2 Å². The first-order valence-electron chi connectivity index (χ1n) is 10.1. The van der Waals surface area contributed by atoms with E-state index in [1.54, 1.807) is 20.3 Å². The third-order valence-electron chi connectivity index (χ3n) is 5.47. The average molecular weight is 474 g/mol. The molecule has 1 aliphatic rings. The fraction of sp³-hybridized carbons (Fsp3) is 0.318. The highest BCUT2D eigenvalue weighted by Crippen LogP contribution is 2.39. The van der Waals surface area contributed by atoms with Crippen LogP contribution in [-0.4, -0.2) is 52.2 Å². The van der Waals surface area contributed by atoms with Crippen LogP contribution in [0.25, 0.3) is 11.4 Å². The third kappa shape index (κ3) is 4.35. The van der Waals surface area contributed by atoms with Gasteiger partial charge in [-0.1, -0.05) is 35.5 Å². The zero-order chi connectivity index (χ0) is 22.7. The summed E-state index contributed by atoms with van der Waals surface area (Å²) in [5.41, 5.74) is 1.64. The molecule has 1 atom stereocenters. The Balaban J connectivity index is 1.49. The first-order valence-corrected chi connectivity index (χ1v) is 11.5. The molecule has 0 saturated carbocycles. The molecule has 1 unspecified atom stereocenters. The Morgan fingerprint density at radius 3 is 2.78 bits per heavy atom. The molecule has 1 aliphatic heterocycles. The Labute approximate surface area is 195 Å². The molecule has 1 fully saturated rings. The highest BCUT2D eigenvalue weighted by molar-refractivity contribution is 7.99. The van der Waals surface area contributed by atoms with E-state index < -0.39 is 0 Å². The van der Waals surface area contributed by atoms with Crippen molar-refractivity contribution in [2.75, 3.05) is 32.4 Å². The summed E-state index contributed by atoms with van der Waals surface area (Å²) in [6.07, 6.45) is 1.79. The number of carbonyl (C=O) groups excluding carboxylic acids is 1. The van der Waals surface area contributed by atoms with E-state index in [9.17, 15) is 4.79 Å². The molecule has 0 aliphatic carbocycles. The number of aromatic nitrogens is 3. The number of hydrogen-bond acceptors (Lipinski definition) is 7. The van der Waals surface area contributed by atoms with E-state index in [0.717, 1.165) is 29.9 Å². The van der Waals surface area contributed by atoms with Gasteiger partial charge in [0.05, 0.1) is 31.0 Å². The minimum Gasteiger partial charge on any atom is -0.497 e. The first-order chi connectivity index (χ1) is 15.5. The number of likely N-dealkylation sites (tertiary alicyclic amines) is 1. The summed E-state index contributed by atoms with van der Waals surface area (Å²) in [7, 11) is 3.26. The molecule has 2 N–H and O–H groups in total. The largest absolute Gasteiger partial charge is 0.497 e. The number of amides is 1. The average Bonchev–Trinajstić information content (AvgIpc) is 3.44. The molecule has 3 aromatic rings. The Morgan fingerprint density at radius 1 is 1.22 bits per heavy atom. The van der Waals surface area contributed by atoms with E-state index in [0.29, 0.717) is 28.1 Å². The van der Waals surface area contributed by atoms with Crippen LogP contribution in [0.1, 0.15) is 24.4 Å². The van der Waals surface area contributed by atoms with Crippen molar-refractivity contribution in [1.82, 2.24) is 19.8 Å². The zero-order valence-electron chi connectivity index (χ0n) is 17.8. The van der Waals surface area contributed by atoms with E-state index in [2.05, 4.69) is 10.2 Å². The highest BCUT2D eigenvalue weighted by atomic mass is 35.5. The normalized spacial score (nSPS) is 15.7. The number of hydrogen-bond donors (Lipinski definition) is 1. The van der Waals surface area contributed by atoms with Crippen LogP contribution in [0.3, 0.4) is 0 Å². The van der Waals surface area contributed by atoms with Crippen molar-refractivity contribution < 1.29 is 14.3 Å². The van der Waals surface area contributed by atoms with Gasteiger partial charge in [0.25, 0.3) is 0 Å². The highest BCUT2D eigenvalue weighted by Gasteiger charge is 2.32. The van der Waals surface area contributed by atoms with Crippen LogP contribution in [0.4, 0.5) is 0 Å². The second-order valence-electron chi connectivity index (χ2n) is 7.30. The van der Waals surface area contributed by atoms with Crippen LogP contribution >= 0.6 is 23.4 Å². The summed E-state index contributed by atoms with van der Waals surface area (Å²) in [6, 6.07) is 12.9. The number of halogens is 1. The van der Waals surface area contributed by atoms with Gasteiger partial charge in [0.15, 0.2) is 5.82 Å². The maximum Gasteiger partial charge on any atom is 0.233 e. The molecular weight excluding hydrogens is 450 g/mol. The molecular formula is C22H24ClN5O3S. The van der Waals surface area contributed by atoms with Crippen LogP contribution in [0.5, 0.6) is 11.5 Å². The second-order valence-corrected chi connectivity index (χ2v) is 8.65. The lowest BCUT2D eigenvalue weighted by Crippen LogP contribution is -2.32. The second kappa shape index (κ2) is 9.70. The maximum absolute atomic E-state index is 13.1. The summed E-state index contributed by atoms with van der Waals surface area (Å²) < 4.78 is 12.3. The molecule has 0 bridgehead atoms. The topological polar surface area (TPSA) is 95.5 Å². The van der Waals surface area contributed by atoms with Crippen LogP contribution in [0.2, 0.25) is 5.02 Å². The van der Waals surface area contributed by atoms with Crippen molar-refractivity contribution in [3.8, 4) is 22.9 Å². The maximum atomic E-state index is 13.1. The van der Waals surface area contributed by atoms with Crippen LogP contribution < -0.4 is 15.3 Å². The van der Waals surface area contributed by atoms with Gasteiger partial charge in [-0.2, -0.15) is 0 Å². The Morgan fingerprint density at radius 2 is 2.03 bits per heavy atom. The molecule has 0 radical (unpaired) electrons. The summed E-state index contributed by atoms with van der Waals surface area (Å²) >= 11 is 7.50. The number of nitrogens with two attached hydrogens (primary N) is 1. The smallest absolute Gasteiger partial charge is 0.233 e. The van der Waals surface area contributed by atoms with Crippen molar-refractivity contribution in [3.05, 3.63) is 53.1 Å². The molecule has 168 valence electrons. The van der Waals surface area contributed by atoms with Crippen LogP contribution in [-0.2, 0) is 4.79 Å². The number of nitrogens with zero attached hydrogens (tertiary/aromatic N) is 4. The molecule has 2 heterocycles. The quantitative estimate of drug-likeness (QED) is 0.412. The summed E-state index contributed by atoms with van der Waals surface area (Å²) in [4.78, 5) is 15.0. The number of thioether (sulfide) groups is 1. The monoisotopic (exact) mass is 473 g/mol. The first kappa shape index (κ1) is 22.3. The lowest BCUT2D eigenvalue weighted by molar-refractivity contribution is -0.129. The van der Waals surface area contributed by atoms with Crippen LogP contribution in [0, 0.1) is 0 Å². The van der Waals surface area contributed by atoms with E-state index >= 15 is 0 Å². The van der Waals surface area contributed by atoms with Gasteiger partial charge in [0, 0.05) is 17.7 Å². The van der Waals surface area contributed by atoms with Gasteiger partial charge < -0.3 is 20.2 Å². The number of methoxy groups -OCH3 is 2. The summed E-state index contributed by atoms with van der Waals surface area (Å²) in [6.45, 7) is 0.685. The van der Waals surface area contributed by atoms with Gasteiger partial charge in [-0.05, 0) is 43.2 Å². The fourth-order valence-electron chi connectivity index (χ4n) is 3.90. The minimum atomic E-state index is -0.0671. The Hall–Kier alpha value is -2.91. The molecule has 10 heteroatoms. The van der Waals surface area contributed by atoms with E-state index in [1.807, 2.05) is 41.3 Å². The van der Waals surface area contributed by atoms with E-state index in [1.165, 1.54) is 16.4 Å². The van der Waals surface area contributed by atoms with Gasteiger partial charge >= 0.3 is 0 Å². The van der Waals surface area contributed by atoms with Crippen molar-refractivity contribution in [3.63, 3.8) is 0 Å². The summed E-state index contributed by atoms with van der Waals surface area (Å²) in [5, 5.41) is 9.28. The van der Waals surface area contributed by atoms with E-state index in [4.69, 9.17) is 26.9 Å². The standard InChI is InChI=1S/C22H24ClN5O3S/c1-30-14-9-10-19(31-2)16(12-14)18-8-5-11-27(18)20(29)13-32-22-26-25-21(28(22)24)15-6-3-4-7-17(15)23/h3-4,6-7,9-10,12,18H,5,8,11,13,24H2,1-2H3. The van der Waals surface area contributed by atoms with Gasteiger partial charge in [0.1, 0.15) is 11.5 Å². The van der Waals surface area contributed by atoms with E-state index in [-0.39, 0.29) is 17.7 Å².